The molecule has 0 atom stereocenters. The van der Waals surface area contributed by atoms with Crippen LogP contribution in [0, 0.1) is 0 Å². The zero-order valence-corrected chi connectivity index (χ0v) is 14.0. The van der Waals surface area contributed by atoms with Gasteiger partial charge in [-0.25, -0.2) is 0 Å². The van der Waals surface area contributed by atoms with Gasteiger partial charge in [0.25, 0.3) is 5.91 Å². The highest BCUT2D eigenvalue weighted by Crippen LogP contribution is 2.14. The van der Waals surface area contributed by atoms with Gasteiger partial charge in [-0.05, 0) is 30.5 Å². The number of carbonyl (C=O) groups excluding carboxylic acids is 1. The highest BCUT2D eigenvalue weighted by molar-refractivity contribution is 5.94. The molecule has 0 fully saturated rings. The van der Waals surface area contributed by atoms with Gasteiger partial charge in [-0.1, -0.05) is 26.0 Å². The number of ether oxygens (including phenoxy) is 1. The maximum atomic E-state index is 12.6. The molecule has 0 aromatic heterocycles. The maximum Gasteiger partial charge on any atom is 0.254 e. The molecule has 0 aliphatic rings. The Hall–Kier alpha value is -1.10. The normalized spacial score (nSPS) is 10.3. The predicted octanol–water partition coefficient (Wildman–Crippen LogP) is 2.84. The Labute approximate surface area is 134 Å². The molecule has 0 heterocycles. The van der Waals surface area contributed by atoms with Crippen molar-refractivity contribution in [2.45, 2.75) is 39.3 Å². The van der Waals surface area contributed by atoms with E-state index in [4.69, 9.17) is 10.5 Å². The summed E-state index contributed by atoms with van der Waals surface area (Å²) in [5.41, 5.74) is 7.33. The monoisotopic (exact) mass is 314 g/mol. The summed E-state index contributed by atoms with van der Waals surface area (Å²) in [4.78, 5) is 14.6. The van der Waals surface area contributed by atoms with Crippen LogP contribution in [-0.2, 0) is 11.3 Å². The third-order valence-electron chi connectivity index (χ3n) is 3.62. The lowest BCUT2D eigenvalue weighted by molar-refractivity contribution is 0.0589. The highest BCUT2D eigenvalue weighted by Gasteiger charge is 2.21. The van der Waals surface area contributed by atoms with Crippen LogP contribution in [0.4, 0.5) is 0 Å². The number of carbonyl (C=O) groups is 1. The Kier molecular flexibility index (Phi) is 10.0. The fraction of sp³-hybridized carbons (Fsp3) is 0.562. The lowest BCUT2D eigenvalue weighted by atomic mass is 10.1. The number of hydrogen-bond acceptors (Lipinski definition) is 3. The first-order valence-electron chi connectivity index (χ1n) is 7.26. The lowest BCUT2D eigenvalue weighted by Crippen LogP contribution is -2.41. The number of nitrogens with zero attached hydrogens (tertiary/aromatic N) is 1. The molecule has 0 bridgehead atoms. The summed E-state index contributed by atoms with van der Waals surface area (Å²) in [6.07, 6.45) is 1.90. The first kappa shape index (κ1) is 19.9. The largest absolute Gasteiger partial charge is 0.383 e. The van der Waals surface area contributed by atoms with Crippen LogP contribution in [0.1, 0.15) is 42.6 Å². The van der Waals surface area contributed by atoms with E-state index in [-0.39, 0.29) is 24.4 Å². The fourth-order valence-corrected chi connectivity index (χ4v) is 2.32. The van der Waals surface area contributed by atoms with Crippen molar-refractivity contribution in [1.82, 2.24) is 4.90 Å². The molecule has 2 N–H and O–H groups in total. The van der Waals surface area contributed by atoms with E-state index in [1.165, 1.54) is 0 Å². The van der Waals surface area contributed by atoms with Crippen molar-refractivity contribution in [3.63, 3.8) is 0 Å². The van der Waals surface area contributed by atoms with Gasteiger partial charge in [-0.3, -0.25) is 4.79 Å². The molecule has 0 aliphatic carbocycles. The molecule has 21 heavy (non-hydrogen) atoms. The number of hydrogen-bond donors (Lipinski definition) is 1. The highest BCUT2D eigenvalue weighted by atomic mass is 35.5. The van der Waals surface area contributed by atoms with Gasteiger partial charge in [-0.15, -0.1) is 12.4 Å². The Balaban J connectivity index is 0.00000400. The van der Waals surface area contributed by atoms with Crippen molar-refractivity contribution in [3.05, 3.63) is 35.4 Å². The number of amides is 1. The minimum absolute atomic E-state index is 0. The van der Waals surface area contributed by atoms with Crippen molar-refractivity contribution in [1.29, 1.82) is 0 Å². The third kappa shape index (κ3) is 5.65. The van der Waals surface area contributed by atoms with Gasteiger partial charge < -0.3 is 15.4 Å². The average molecular weight is 315 g/mol. The van der Waals surface area contributed by atoms with Crippen molar-refractivity contribution in [2.24, 2.45) is 5.73 Å². The zero-order valence-electron chi connectivity index (χ0n) is 13.2. The van der Waals surface area contributed by atoms with Crippen LogP contribution in [0.5, 0.6) is 0 Å². The summed E-state index contributed by atoms with van der Waals surface area (Å²) >= 11 is 0. The van der Waals surface area contributed by atoms with E-state index in [0.29, 0.717) is 25.3 Å². The molecule has 1 amide bonds. The summed E-state index contributed by atoms with van der Waals surface area (Å²) in [6, 6.07) is 7.79. The molecule has 1 aromatic carbocycles. The predicted molar refractivity (Wildman–Crippen MR) is 88.9 cm³/mol. The van der Waals surface area contributed by atoms with Crippen LogP contribution < -0.4 is 5.73 Å². The molecule has 5 heteroatoms. The maximum absolute atomic E-state index is 12.6. The van der Waals surface area contributed by atoms with Crippen molar-refractivity contribution in [2.75, 3.05) is 20.3 Å². The van der Waals surface area contributed by atoms with Crippen LogP contribution in [-0.4, -0.2) is 37.1 Å². The number of benzene rings is 1. The SMILES string of the molecule is CCC(CC)N(CCOC)C(=O)c1ccc(CN)cc1.Cl. The van der Waals surface area contributed by atoms with Crippen LogP contribution in [0.3, 0.4) is 0 Å². The molecule has 0 aliphatic heterocycles. The van der Waals surface area contributed by atoms with E-state index < -0.39 is 0 Å². The smallest absolute Gasteiger partial charge is 0.254 e. The lowest BCUT2D eigenvalue weighted by Gasteiger charge is -2.30. The van der Waals surface area contributed by atoms with E-state index >= 15 is 0 Å². The van der Waals surface area contributed by atoms with Crippen molar-refractivity contribution >= 4 is 18.3 Å². The fourth-order valence-electron chi connectivity index (χ4n) is 2.32. The Morgan fingerprint density at radius 2 is 1.81 bits per heavy atom. The van der Waals surface area contributed by atoms with Gasteiger partial charge in [0.05, 0.1) is 6.61 Å². The molecule has 4 nitrogen and oxygen atoms in total. The minimum Gasteiger partial charge on any atom is -0.383 e. The summed E-state index contributed by atoms with van der Waals surface area (Å²) in [7, 11) is 1.66. The molecule has 120 valence electrons. The summed E-state index contributed by atoms with van der Waals surface area (Å²) < 4.78 is 5.12. The van der Waals surface area contributed by atoms with Gasteiger partial charge in [0, 0.05) is 31.8 Å². The number of nitrogens with two attached hydrogens (primary N) is 1. The van der Waals surface area contributed by atoms with Gasteiger partial charge in [0.2, 0.25) is 0 Å². The molecule has 0 saturated heterocycles. The summed E-state index contributed by atoms with van der Waals surface area (Å²) in [5.74, 6) is 0.0688. The van der Waals surface area contributed by atoms with E-state index in [0.717, 1.165) is 18.4 Å². The molecule has 1 aromatic rings. The molecule has 0 saturated carbocycles. The van der Waals surface area contributed by atoms with Crippen LogP contribution in [0.25, 0.3) is 0 Å². The number of rotatable bonds is 8. The molecule has 0 radical (unpaired) electrons. The van der Waals surface area contributed by atoms with E-state index in [1.807, 2.05) is 29.2 Å². The van der Waals surface area contributed by atoms with Crippen LogP contribution in [0.2, 0.25) is 0 Å². The minimum atomic E-state index is 0. The second-order valence-electron chi connectivity index (χ2n) is 4.86. The second-order valence-corrected chi connectivity index (χ2v) is 4.86. The second kappa shape index (κ2) is 10.6. The molecule has 1 rings (SSSR count). The van der Waals surface area contributed by atoms with Gasteiger partial charge in [0.15, 0.2) is 0 Å². The van der Waals surface area contributed by atoms with Crippen molar-refractivity contribution in [3.8, 4) is 0 Å². The first-order chi connectivity index (χ1) is 9.67. The zero-order chi connectivity index (χ0) is 15.0. The molecule has 0 unspecified atom stereocenters. The average Bonchev–Trinajstić information content (AvgIpc) is 2.51. The summed E-state index contributed by atoms with van der Waals surface area (Å²) in [5, 5.41) is 0. The number of methoxy groups -OCH3 is 1. The first-order valence-corrected chi connectivity index (χ1v) is 7.26. The quantitative estimate of drug-likeness (QED) is 0.802. The van der Waals surface area contributed by atoms with E-state index in [9.17, 15) is 4.79 Å². The van der Waals surface area contributed by atoms with E-state index in [2.05, 4.69) is 13.8 Å². The van der Waals surface area contributed by atoms with E-state index in [1.54, 1.807) is 7.11 Å². The van der Waals surface area contributed by atoms with Crippen LogP contribution in [0.15, 0.2) is 24.3 Å². The number of halogens is 1. The Bertz CT molecular complexity index is 405. The molecule has 0 spiro atoms. The summed E-state index contributed by atoms with van der Waals surface area (Å²) in [6.45, 7) is 5.90. The van der Waals surface area contributed by atoms with Crippen LogP contribution >= 0.6 is 12.4 Å². The molecular formula is C16H27ClN2O2. The standard InChI is InChI=1S/C16H26N2O2.ClH/c1-4-15(5-2)18(10-11-20-3)16(19)14-8-6-13(12-17)7-9-14;/h6-9,15H,4-5,10-12,17H2,1-3H3;1H. The molecular weight excluding hydrogens is 288 g/mol. The van der Waals surface area contributed by atoms with Gasteiger partial charge >= 0.3 is 0 Å². The van der Waals surface area contributed by atoms with Gasteiger partial charge in [0.1, 0.15) is 0 Å². The Morgan fingerprint density at radius 1 is 1.24 bits per heavy atom. The van der Waals surface area contributed by atoms with Gasteiger partial charge in [-0.2, -0.15) is 0 Å². The topological polar surface area (TPSA) is 55.6 Å². The third-order valence-corrected chi connectivity index (χ3v) is 3.62. The van der Waals surface area contributed by atoms with Crippen molar-refractivity contribution < 1.29 is 9.53 Å². The Morgan fingerprint density at radius 3 is 2.24 bits per heavy atom.